The summed E-state index contributed by atoms with van der Waals surface area (Å²) >= 11 is 0. The fraction of sp³-hybridized carbons (Fsp3) is 0.571. The van der Waals surface area contributed by atoms with Gasteiger partial charge in [0.25, 0.3) is 10.0 Å². The van der Waals surface area contributed by atoms with Gasteiger partial charge in [-0.25, -0.2) is 26.0 Å². The molecule has 0 aliphatic heterocycles. The maximum atomic E-state index is 11.9. The largest absolute Gasteiger partial charge is 0.368 e. The Bertz CT molecular complexity index is 510. The van der Waals surface area contributed by atoms with Gasteiger partial charge in [0.15, 0.2) is 0 Å². The molecule has 0 aliphatic carbocycles. The van der Waals surface area contributed by atoms with Crippen molar-refractivity contribution < 1.29 is 35.8 Å². The lowest BCUT2D eigenvalue weighted by Gasteiger charge is -2.05. The highest BCUT2D eigenvalue weighted by atomic mass is 32.3. The van der Waals surface area contributed by atoms with Crippen LogP contribution in [0, 0.1) is 0 Å². The lowest BCUT2D eigenvalue weighted by atomic mass is 10.4. The van der Waals surface area contributed by atoms with E-state index in [2.05, 4.69) is 16.4 Å². The summed E-state index contributed by atoms with van der Waals surface area (Å²) in [6.07, 6.45) is 0. The van der Waals surface area contributed by atoms with Crippen LogP contribution in [0.5, 0.6) is 0 Å². The Morgan fingerprint density at radius 1 is 1.28 bits per heavy atom. The average Bonchev–Trinajstić information content (AvgIpc) is 2.22. The summed E-state index contributed by atoms with van der Waals surface area (Å²) in [6.45, 7) is 3.97. The molecule has 0 atom stereocenters. The number of hydrogen-bond acceptors (Lipinski definition) is 7. The number of carbonyl (C=O) groups is 1. The highest BCUT2D eigenvalue weighted by molar-refractivity contribution is 8.04. The van der Waals surface area contributed by atoms with Crippen LogP contribution < -0.4 is 4.13 Å². The van der Waals surface area contributed by atoms with Gasteiger partial charge in [0.1, 0.15) is 6.61 Å². The predicted octanol–water partition coefficient (Wildman–Crippen LogP) is -0.786. The van der Waals surface area contributed by atoms with Crippen LogP contribution in [-0.2, 0) is 34.6 Å². The van der Waals surface area contributed by atoms with Crippen molar-refractivity contribution in [1.82, 2.24) is 4.13 Å². The number of carbonyl (C=O) groups excluding carboxylic acids is 1. The monoisotopic (exact) mass is 305 g/mol. The minimum absolute atomic E-state index is 0.0380. The van der Waals surface area contributed by atoms with E-state index in [9.17, 15) is 26.0 Å². The summed E-state index contributed by atoms with van der Waals surface area (Å²) in [5.74, 6) is -1.72. The molecule has 0 aliphatic rings. The van der Waals surface area contributed by atoms with Crippen molar-refractivity contribution in [3.05, 3.63) is 12.2 Å². The number of hydrogen-bond donors (Lipinski definition) is 1. The molecule has 11 heteroatoms. The van der Waals surface area contributed by atoms with Crippen molar-refractivity contribution in [3.63, 3.8) is 0 Å². The smallest absolute Gasteiger partial charge is 0.293 e. The Morgan fingerprint density at radius 3 is 2.28 bits per heavy atom. The summed E-state index contributed by atoms with van der Waals surface area (Å²) in [5, 5.41) is 0. The maximum absolute atomic E-state index is 11.9. The fourth-order valence-electron chi connectivity index (χ4n) is 0.567. The number of sulfonamides is 2. The minimum atomic E-state index is -4.53. The minimum Gasteiger partial charge on any atom is -0.293 e. The van der Waals surface area contributed by atoms with Gasteiger partial charge < -0.3 is 0 Å². The lowest BCUT2D eigenvalue weighted by molar-refractivity contribution is -0.264. The first-order chi connectivity index (χ1) is 8.09. The third kappa shape index (κ3) is 7.32. The van der Waals surface area contributed by atoms with E-state index >= 15 is 0 Å². The lowest BCUT2D eigenvalue weighted by Crippen LogP contribution is -2.34. The molecule has 0 aromatic heterocycles. The van der Waals surface area contributed by atoms with E-state index in [0.29, 0.717) is 0 Å². The molecule has 1 N–H and O–H groups in total. The zero-order chi connectivity index (χ0) is 14.4. The van der Waals surface area contributed by atoms with Crippen molar-refractivity contribution in [2.75, 3.05) is 18.4 Å². The Labute approximate surface area is 104 Å². The maximum Gasteiger partial charge on any atom is 0.368 e. The van der Waals surface area contributed by atoms with Crippen molar-refractivity contribution in [2.24, 2.45) is 0 Å². The zero-order valence-corrected chi connectivity index (χ0v) is 11.0. The number of halogens is 1. The number of rotatable bonds is 8. The summed E-state index contributed by atoms with van der Waals surface area (Å²) in [6, 6.07) is -1.86. The van der Waals surface area contributed by atoms with E-state index < -0.39 is 44.4 Å². The van der Waals surface area contributed by atoms with E-state index in [1.807, 2.05) is 0 Å². The fourth-order valence-corrected chi connectivity index (χ4v) is 2.91. The van der Waals surface area contributed by atoms with Gasteiger partial charge in [-0.15, -0.1) is 4.13 Å². The van der Waals surface area contributed by atoms with Gasteiger partial charge in [-0.1, -0.05) is 6.58 Å². The topological polar surface area (TPSA) is 116 Å². The quantitative estimate of drug-likeness (QED) is 0.270. The molecule has 0 spiro atoms. The molecule has 0 amide bonds. The molecule has 106 valence electrons. The molecule has 0 fully saturated rings. The van der Waals surface area contributed by atoms with E-state index in [1.54, 1.807) is 0 Å². The molecule has 0 aromatic carbocycles. The molecule has 8 nitrogen and oxygen atoms in total. The van der Waals surface area contributed by atoms with E-state index in [4.69, 9.17) is 0 Å². The van der Waals surface area contributed by atoms with Gasteiger partial charge in [-0.3, -0.25) is 4.89 Å². The average molecular weight is 305 g/mol. The van der Waals surface area contributed by atoms with Crippen molar-refractivity contribution in [1.29, 1.82) is 0 Å². The highest BCUT2D eigenvalue weighted by Crippen LogP contribution is 1.95. The molecule has 18 heavy (non-hydrogen) atoms. The summed E-state index contributed by atoms with van der Waals surface area (Å²) in [4.78, 5) is 19.1. The Hall–Kier alpha value is -1.04. The molecule has 0 bridgehead atoms. The highest BCUT2D eigenvalue weighted by Gasteiger charge is 2.20. The third-order valence-electron chi connectivity index (χ3n) is 1.32. The van der Waals surface area contributed by atoms with Crippen LogP contribution in [0.25, 0.3) is 0 Å². The molecule has 0 unspecified atom stereocenters. The van der Waals surface area contributed by atoms with Gasteiger partial charge in [0, 0.05) is 5.57 Å². The van der Waals surface area contributed by atoms with Gasteiger partial charge >= 0.3 is 5.97 Å². The number of nitrogens with one attached hydrogen (secondary N) is 1. The van der Waals surface area contributed by atoms with Crippen LogP contribution in [0.3, 0.4) is 0 Å². The molecule has 0 saturated carbocycles. The van der Waals surface area contributed by atoms with Crippen LogP contribution >= 0.6 is 0 Å². The zero-order valence-electron chi connectivity index (χ0n) is 9.38. The van der Waals surface area contributed by atoms with Gasteiger partial charge in [-0.05, 0) is 6.92 Å². The first kappa shape index (κ1) is 17.0. The van der Waals surface area contributed by atoms with Crippen LogP contribution in [0.15, 0.2) is 12.2 Å². The first-order valence-corrected chi connectivity index (χ1v) is 7.69. The molecule has 0 rings (SSSR count). The van der Waals surface area contributed by atoms with Gasteiger partial charge in [0.05, 0.1) is 5.75 Å². The Kier molecular flexibility index (Phi) is 6.38. The molecule has 0 radical (unpaired) electrons. The van der Waals surface area contributed by atoms with Crippen LogP contribution in [0.4, 0.5) is 4.39 Å². The van der Waals surface area contributed by atoms with Crippen LogP contribution in [-0.4, -0.2) is 41.2 Å². The summed E-state index contributed by atoms with van der Waals surface area (Å²) in [5.41, 5.74) is 0.0380. The summed E-state index contributed by atoms with van der Waals surface area (Å²) in [7, 11) is -8.81. The Morgan fingerprint density at radius 2 is 1.83 bits per heavy atom. The van der Waals surface area contributed by atoms with E-state index in [-0.39, 0.29) is 5.57 Å². The Balaban J connectivity index is 4.15. The van der Waals surface area contributed by atoms with Gasteiger partial charge in [0.2, 0.25) is 16.0 Å². The molecule has 0 saturated heterocycles. The van der Waals surface area contributed by atoms with Crippen LogP contribution in [0.2, 0.25) is 0 Å². The molecule has 0 heterocycles. The van der Waals surface area contributed by atoms with Crippen molar-refractivity contribution in [2.45, 2.75) is 6.92 Å². The van der Waals surface area contributed by atoms with Gasteiger partial charge in [-0.2, -0.15) is 4.89 Å². The second-order valence-electron chi connectivity index (χ2n) is 3.10. The predicted molar refractivity (Wildman–Crippen MR) is 58.7 cm³/mol. The van der Waals surface area contributed by atoms with Crippen LogP contribution in [0.1, 0.15) is 6.92 Å². The van der Waals surface area contributed by atoms with E-state index in [1.165, 1.54) is 6.92 Å². The second kappa shape index (κ2) is 6.78. The normalized spacial score (nSPS) is 12.1. The summed E-state index contributed by atoms with van der Waals surface area (Å²) < 4.78 is 56.4. The molecular formula is C7H12FNO7S2. The molecular weight excluding hydrogens is 293 g/mol. The third-order valence-corrected chi connectivity index (χ3v) is 4.34. The SMILES string of the molecule is C=C(C)C(=O)OOCCS(=O)(=O)NS(=O)(=O)CF. The van der Waals surface area contributed by atoms with Crippen molar-refractivity contribution in [3.8, 4) is 0 Å². The number of alkyl halides is 1. The standard InChI is InChI=1S/C7H12FNO7S2/c1-6(2)7(10)16-15-3-4-17(11,12)9-18(13,14)5-8/h9H,1,3-5H2,2H3. The van der Waals surface area contributed by atoms with E-state index in [0.717, 1.165) is 4.13 Å². The molecule has 0 aromatic rings. The second-order valence-corrected chi connectivity index (χ2v) is 6.85. The van der Waals surface area contributed by atoms with Crippen molar-refractivity contribution >= 4 is 26.0 Å². The first-order valence-electron chi connectivity index (χ1n) is 4.39.